The molecule has 34 heavy (non-hydrogen) atoms. The van der Waals surface area contributed by atoms with E-state index >= 15 is 0 Å². The Labute approximate surface area is 201 Å². The van der Waals surface area contributed by atoms with Gasteiger partial charge in [-0.3, -0.25) is 0 Å². The van der Waals surface area contributed by atoms with Crippen molar-refractivity contribution in [3.8, 4) is 5.75 Å². The smallest absolute Gasteiger partial charge is 0.163 e. The van der Waals surface area contributed by atoms with Crippen LogP contribution in [0.2, 0.25) is 0 Å². The van der Waals surface area contributed by atoms with Crippen LogP contribution in [-0.4, -0.2) is 75.3 Å². The third-order valence-electron chi connectivity index (χ3n) is 6.42. The number of benzene rings is 2. The van der Waals surface area contributed by atoms with Crippen molar-refractivity contribution in [3.05, 3.63) is 54.2 Å². The quantitative estimate of drug-likeness (QED) is 0.419. The van der Waals surface area contributed by atoms with E-state index in [9.17, 15) is 20.4 Å². The maximum Gasteiger partial charge on any atom is 0.163 e. The third kappa shape index (κ3) is 4.45. The molecule has 0 amide bonds. The maximum atomic E-state index is 10.7. The number of aliphatic hydroxyl groups excluding tert-OH is 4. The molecule has 0 radical (unpaired) electrons. The van der Waals surface area contributed by atoms with Gasteiger partial charge in [-0.25, -0.2) is 0 Å². The first-order valence-corrected chi connectivity index (χ1v) is 12.2. The molecule has 0 spiro atoms. The van der Waals surface area contributed by atoms with Crippen molar-refractivity contribution in [2.45, 2.75) is 59.9 Å². The van der Waals surface area contributed by atoms with E-state index in [0.29, 0.717) is 6.61 Å². The summed E-state index contributed by atoms with van der Waals surface area (Å²) in [6.45, 7) is 2.90. The summed E-state index contributed by atoms with van der Waals surface area (Å²) in [6.07, 6.45) is -3.25. The Kier molecular flexibility index (Phi) is 6.85. The molecule has 2 aliphatic rings. The van der Waals surface area contributed by atoms with Crippen LogP contribution in [0.25, 0.3) is 10.9 Å². The molecule has 8 nitrogen and oxygen atoms in total. The van der Waals surface area contributed by atoms with Gasteiger partial charge in [-0.1, -0.05) is 23.9 Å². The van der Waals surface area contributed by atoms with Crippen molar-refractivity contribution in [2.75, 3.05) is 19.8 Å². The molecule has 1 unspecified atom stereocenters. The number of hydrogen-bond donors (Lipinski definition) is 4. The standard InChI is InChI=1S/C25H29NO7S/c1-14-3-2-4-18-21(14)20(11-26(18)25-24(30)23(29)22(28)19(12-27)33-25)34-17-7-5-15(6-8-17)32-16-9-10-31-13-16/h2-8,11,16,19,22-25,27-30H,9-10,12-13H2,1H3/t16?,19-,22-,23+,24-,25-/m1/s1. The molecule has 2 saturated heterocycles. The fourth-order valence-corrected chi connectivity index (χ4v) is 5.62. The van der Waals surface area contributed by atoms with Crippen LogP contribution in [-0.2, 0) is 9.47 Å². The summed E-state index contributed by atoms with van der Waals surface area (Å²) < 4.78 is 18.9. The van der Waals surface area contributed by atoms with Crippen LogP contribution in [0.1, 0.15) is 18.2 Å². The first-order chi connectivity index (χ1) is 16.5. The summed E-state index contributed by atoms with van der Waals surface area (Å²) in [7, 11) is 0. The predicted molar refractivity (Wildman–Crippen MR) is 126 cm³/mol. The second-order valence-corrected chi connectivity index (χ2v) is 9.88. The van der Waals surface area contributed by atoms with E-state index in [1.165, 1.54) is 0 Å². The minimum absolute atomic E-state index is 0.0951. The summed E-state index contributed by atoms with van der Waals surface area (Å²) in [5, 5.41) is 41.7. The summed E-state index contributed by atoms with van der Waals surface area (Å²) in [6, 6.07) is 13.8. The highest BCUT2D eigenvalue weighted by Gasteiger charge is 2.44. The number of rotatable bonds is 6. The lowest BCUT2D eigenvalue weighted by Crippen LogP contribution is -2.56. The molecule has 5 rings (SSSR count). The summed E-state index contributed by atoms with van der Waals surface area (Å²) >= 11 is 1.58. The Bertz CT molecular complexity index is 1130. The lowest BCUT2D eigenvalue weighted by molar-refractivity contribution is -0.250. The van der Waals surface area contributed by atoms with Gasteiger partial charge in [0.1, 0.15) is 36.3 Å². The van der Waals surface area contributed by atoms with Crippen molar-refractivity contribution in [3.63, 3.8) is 0 Å². The van der Waals surface area contributed by atoms with E-state index in [0.717, 1.165) is 45.0 Å². The average molecular weight is 488 g/mol. The number of aromatic nitrogens is 1. The molecule has 0 saturated carbocycles. The van der Waals surface area contributed by atoms with Gasteiger partial charge >= 0.3 is 0 Å². The molecule has 3 aromatic rings. The van der Waals surface area contributed by atoms with Gasteiger partial charge in [0.2, 0.25) is 0 Å². The lowest BCUT2D eigenvalue weighted by atomic mass is 9.98. The van der Waals surface area contributed by atoms with Crippen molar-refractivity contribution >= 4 is 22.7 Å². The SMILES string of the molecule is Cc1cccc2c1c(Sc1ccc(OC3CCOC3)cc1)cn2[C@@H]1O[C@H](CO)[C@@H](O)[C@H](O)[C@H]1O. The summed E-state index contributed by atoms with van der Waals surface area (Å²) in [4.78, 5) is 1.98. The van der Waals surface area contributed by atoms with E-state index < -0.39 is 37.3 Å². The molecule has 2 aromatic carbocycles. The van der Waals surface area contributed by atoms with E-state index in [-0.39, 0.29) is 6.10 Å². The molecule has 0 aliphatic carbocycles. The fraction of sp³-hybridized carbons (Fsp3) is 0.440. The summed E-state index contributed by atoms with van der Waals surface area (Å²) in [5.74, 6) is 0.805. The van der Waals surface area contributed by atoms with Gasteiger partial charge in [-0.15, -0.1) is 0 Å². The zero-order valence-corrected chi connectivity index (χ0v) is 19.6. The first-order valence-electron chi connectivity index (χ1n) is 11.4. The van der Waals surface area contributed by atoms with Gasteiger partial charge in [0.05, 0.1) is 25.3 Å². The molecule has 9 heteroatoms. The number of hydrogen-bond acceptors (Lipinski definition) is 8. The number of fused-ring (bicyclic) bond motifs is 1. The number of aryl methyl sites for hydroxylation is 1. The molecule has 2 fully saturated rings. The Hall–Kier alpha value is -2.11. The van der Waals surface area contributed by atoms with Gasteiger partial charge in [-0.2, -0.15) is 0 Å². The Balaban J connectivity index is 1.44. The Morgan fingerprint density at radius 2 is 1.85 bits per heavy atom. The summed E-state index contributed by atoms with van der Waals surface area (Å²) in [5.41, 5.74) is 1.89. The van der Waals surface area contributed by atoms with E-state index in [2.05, 4.69) is 0 Å². The van der Waals surface area contributed by atoms with Crippen LogP contribution in [0.3, 0.4) is 0 Å². The lowest BCUT2D eigenvalue weighted by Gasteiger charge is -2.40. The normalized spacial score (nSPS) is 29.6. The molecule has 3 heterocycles. The van der Waals surface area contributed by atoms with Crippen molar-refractivity contribution in [1.82, 2.24) is 4.57 Å². The van der Waals surface area contributed by atoms with Crippen molar-refractivity contribution in [2.24, 2.45) is 0 Å². The van der Waals surface area contributed by atoms with E-state index in [1.807, 2.05) is 55.6 Å². The van der Waals surface area contributed by atoms with Gasteiger partial charge in [0.25, 0.3) is 0 Å². The third-order valence-corrected chi connectivity index (χ3v) is 7.45. The highest BCUT2D eigenvalue weighted by atomic mass is 32.2. The van der Waals surface area contributed by atoms with Crippen LogP contribution in [0.4, 0.5) is 0 Å². The minimum atomic E-state index is -1.44. The molecule has 6 atom stereocenters. The molecule has 182 valence electrons. The number of aliphatic hydroxyl groups is 4. The second kappa shape index (κ2) is 9.87. The van der Waals surface area contributed by atoms with Crippen molar-refractivity contribution < 1.29 is 34.6 Å². The first kappa shape index (κ1) is 23.6. The van der Waals surface area contributed by atoms with Gasteiger partial charge in [0, 0.05) is 27.8 Å². The Morgan fingerprint density at radius 1 is 1.06 bits per heavy atom. The molecule has 2 aliphatic heterocycles. The van der Waals surface area contributed by atoms with Crippen LogP contribution in [0.5, 0.6) is 5.75 Å². The van der Waals surface area contributed by atoms with Crippen LogP contribution < -0.4 is 4.74 Å². The zero-order valence-electron chi connectivity index (χ0n) is 18.8. The molecule has 0 bridgehead atoms. The van der Waals surface area contributed by atoms with Crippen LogP contribution in [0.15, 0.2) is 58.5 Å². The van der Waals surface area contributed by atoms with E-state index in [1.54, 1.807) is 16.3 Å². The van der Waals surface area contributed by atoms with Gasteiger partial charge in [0.15, 0.2) is 6.23 Å². The average Bonchev–Trinajstić information content (AvgIpc) is 3.48. The molecule has 1 aromatic heterocycles. The highest BCUT2D eigenvalue weighted by Crippen LogP contribution is 2.40. The highest BCUT2D eigenvalue weighted by molar-refractivity contribution is 7.99. The fourth-order valence-electron chi connectivity index (χ4n) is 4.56. The predicted octanol–water partition coefficient (Wildman–Crippen LogP) is 2.24. The van der Waals surface area contributed by atoms with E-state index in [4.69, 9.17) is 14.2 Å². The van der Waals surface area contributed by atoms with Gasteiger partial charge in [-0.05, 0) is 42.8 Å². The number of nitrogens with zero attached hydrogens (tertiary/aromatic N) is 1. The molecular weight excluding hydrogens is 458 g/mol. The molecule has 4 N–H and O–H groups in total. The topological polar surface area (TPSA) is 114 Å². The zero-order chi connectivity index (χ0) is 23.8. The second-order valence-electron chi connectivity index (χ2n) is 8.77. The minimum Gasteiger partial charge on any atom is -0.488 e. The Morgan fingerprint density at radius 3 is 2.56 bits per heavy atom. The monoisotopic (exact) mass is 487 g/mol. The van der Waals surface area contributed by atoms with Crippen LogP contribution >= 0.6 is 11.8 Å². The largest absolute Gasteiger partial charge is 0.488 e. The number of ether oxygens (including phenoxy) is 3. The maximum absolute atomic E-state index is 10.7. The van der Waals surface area contributed by atoms with Gasteiger partial charge < -0.3 is 39.2 Å². The van der Waals surface area contributed by atoms with Crippen LogP contribution in [0, 0.1) is 6.92 Å². The molecular formula is C25H29NO7S. The van der Waals surface area contributed by atoms with Crippen molar-refractivity contribution in [1.29, 1.82) is 0 Å².